The molecule has 1 aliphatic heterocycles. The highest BCUT2D eigenvalue weighted by molar-refractivity contribution is 6.33. The van der Waals surface area contributed by atoms with Crippen LogP contribution in [-0.2, 0) is 16.1 Å². The SMILES string of the molecule is Cc1ccc(Cl)c(N(Cc2cccnc2)C(=O)[C@@H]2CCCO2)c1. The molecule has 23 heavy (non-hydrogen) atoms. The van der Waals surface area contributed by atoms with Crippen molar-refractivity contribution in [3.8, 4) is 0 Å². The van der Waals surface area contributed by atoms with E-state index in [1.165, 1.54) is 0 Å². The number of amides is 1. The van der Waals surface area contributed by atoms with Gasteiger partial charge in [0.05, 0.1) is 17.3 Å². The molecule has 5 heteroatoms. The highest BCUT2D eigenvalue weighted by Gasteiger charge is 2.30. The average Bonchev–Trinajstić information content (AvgIpc) is 3.10. The summed E-state index contributed by atoms with van der Waals surface area (Å²) in [5, 5.41) is 0.561. The van der Waals surface area contributed by atoms with Gasteiger partial charge in [0.2, 0.25) is 0 Å². The van der Waals surface area contributed by atoms with E-state index in [9.17, 15) is 4.79 Å². The third kappa shape index (κ3) is 3.71. The van der Waals surface area contributed by atoms with Gasteiger partial charge in [0, 0.05) is 19.0 Å². The van der Waals surface area contributed by atoms with Crippen molar-refractivity contribution in [3.63, 3.8) is 0 Å². The Kier molecular flexibility index (Phi) is 4.94. The molecule has 0 N–H and O–H groups in total. The Morgan fingerprint density at radius 1 is 1.43 bits per heavy atom. The summed E-state index contributed by atoms with van der Waals surface area (Å²) in [6.07, 6.45) is 4.77. The maximum atomic E-state index is 12.9. The van der Waals surface area contributed by atoms with Crippen molar-refractivity contribution in [1.29, 1.82) is 0 Å². The predicted molar refractivity (Wildman–Crippen MR) is 90.6 cm³/mol. The molecule has 2 aromatic rings. The first-order valence-electron chi connectivity index (χ1n) is 7.73. The molecular weight excluding hydrogens is 312 g/mol. The van der Waals surface area contributed by atoms with Crippen LogP contribution in [0, 0.1) is 6.92 Å². The van der Waals surface area contributed by atoms with Gasteiger partial charge in [0.1, 0.15) is 6.10 Å². The number of carbonyl (C=O) groups excluding carboxylic acids is 1. The van der Waals surface area contributed by atoms with E-state index >= 15 is 0 Å². The van der Waals surface area contributed by atoms with Crippen molar-refractivity contribution in [1.82, 2.24) is 4.98 Å². The van der Waals surface area contributed by atoms with Gasteiger partial charge >= 0.3 is 0 Å². The van der Waals surface area contributed by atoms with E-state index in [0.717, 1.165) is 29.7 Å². The molecule has 1 atom stereocenters. The van der Waals surface area contributed by atoms with Crippen LogP contribution in [0.4, 0.5) is 5.69 Å². The van der Waals surface area contributed by atoms with Gasteiger partial charge in [0.15, 0.2) is 0 Å². The van der Waals surface area contributed by atoms with Crippen LogP contribution in [0.25, 0.3) is 0 Å². The number of aromatic nitrogens is 1. The van der Waals surface area contributed by atoms with Gasteiger partial charge < -0.3 is 9.64 Å². The molecule has 4 nitrogen and oxygen atoms in total. The maximum Gasteiger partial charge on any atom is 0.256 e. The van der Waals surface area contributed by atoms with E-state index in [-0.39, 0.29) is 12.0 Å². The van der Waals surface area contributed by atoms with Gasteiger partial charge in [-0.1, -0.05) is 23.7 Å². The van der Waals surface area contributed by atoms with Crippen LogP contribution in [0.2, 0.25) is 5.02 Å². The van der Waals surface area contributed by atoms with E-state index in [4.69, 9.17) is 16.3 Å². The van der Waals surface area contributed by atoms with Crippen molar-refractivity contribution in [2.75, 3.05) is 11.5 Å². The second-order valence-corrected chi connectivity index (χ2v) is 6.15. The van der Waals surface area contributed by atoms with Crippen molar-refractivity contribution in [3.05, 3.63) is 58.9 Å². The molecule has 1 amide bonds. The third-order valence-electron chi connectivity index (χ3n) is 3.93. The summed E-state index contributed by atoms with van der Waals surface area (Å²) in [7, 11) is 0. The fourth-order valence-electron chi connectivity index (χ4n) is 2.73. The second-order valence-electron chi connectivity index (χ2n) is 5.74. The van der Waals surface area contributed by atoms with Crippen LogP contribution in [0.5, 0.6) is 0 Å². The zero-order valence-corrected chi connectivity index (χ0v) is 13.8. The molecule has 1 aromatic carbocycles. The molecule has 2 heterocycles. The third-order valence-corrected chi connectivity index (χ3v) is 4.25. The largest absolute Gasteiger partial charge is 0.368 e. The van der Waals surface area contributed by atoms with Crippen molar-refractivity contribution in [2.24, 2.45) is 0 Å². The van der Waals surface area contributed by atoms with Crippen LogP contribution in [-0.4, -0.2) is 23.6 Å². The fourth-order valence-corrected chi connectivity index (χ4v) is 2.95. The Hall–Kier alpha value is -1.91. The van der Waals surface area contributed by atoms with E-state index in [2.05, 4.69) is 4.98 Å². The normalized spacial score (nSPS) is 17.2. The first-order chi connectivity index (χ1) is 11.1. The number of benzene rings is 1. The number of ether oxygens (including phenoxy) is 1. The van der Waals surface area contributed by atoms with Gasteiger partial charge in [-0.15, -0.1) is 0 Å². The minimum atomic E-state index is -0.386. The van der Waals surface area contributed by atoms with Crippen LogP contribution in [0.15, 0.2) is 42.7 Å². The van der Waals surface area contributed by atoms with Crippen LogP contribution in [0.1, 0.15) is 24.0 Å². The van der Waals surface area contributed by atoms with E-state index in [0.29, 0.717) is 18.2 Å². The number of halogens is 1. The number of carbonyl (C=O) groups is 1. The van der Waals surface area contributed by atoms with Crippen molar-refractivity contribution in [2.45, 2.75) is 32.4 Å². The van der Waals surface area contributed by atoms with E-state index in [1.54, 1.807) is 17.3 Å². The number of rotatable bonds is 4. The Labute approximate surface area is 141 Å². The molecule has 1 fully saturated rings. The Morgan fingerprint density at radius 2 is 2.30 bits per heavy atom. The lowest BCUT2D eigenvalue weighted by atomic mass is 10.1. The molecule has 1 aromatic heterocycles. The first-order valence-corrected chi connectivity index (χ1v) is 8.11. The number of pyridine rings is 1. The average molecular weight is 331 g/mol. The Balaban J connectivity index is 1.95. The fraction of sp³-hybridized carbons (Fsp3) is 0.333. The lowest BCUT2D eigenvalue weighted by Gasteiger charge is -2.26. The molecule has 0 radical (unpaired) electrons. The van der Waals surface area contributed by atoms with Crippen LogP contribution < -0.4 is 4.90 Å². The molecule has 1 saturated heterocycles. The summed E-state index contributed by atoms with van der Waals surface area (Å²) in [6.45, 7) is 3.05. The summed E-state index contributed by atoms with van der Waals surface area (Å²) in [4.78, 5) is 18.8. The highest BCUT2D eigenvalue weighted by Crippen LogP contribution is 2.30. The summed E-state index contributed by atoms with van der Waals surface area (Å²) in [6, 6.07) is 9.51. The first kappa shape index (κ1) is 16.0. The van der Waals surface area contributed by atoms with E-state index in [1.807, 2.05) is 37.3 Å². The molecule has 0 bridgehead atoms. The van der Waals surface area contributed by atoms with Gasteiger partial charge in [-0.3, -0.25) is 9.78 Å². The molecule has 0 unspecified atom stereocenters. The number of nitrogens with zero attached hydrogens (tertiary/aromatic N) is 2. The molecule has 3 rings (SSSR count). The zero-order chi connectivity index (χ0) is 16.2. The lowest BCUT2D eigenvalue weighted by molar-refractivity contribution is -0.127. The monoisotopic (exact) mass is 330 g/mol. The number of hydrogen-bond acceptors (Lipinski definition) is 3. The molecule has 0 aliphatic carbocycles. The summed E-state index contributed by atoms with van der Waals surface area (Å²) >= 11 is 6.36. The summed E-state index contributed by atoms with van der Waals surface area (Å²) in [5.74, 6) is -0.0427. The number of anilines is 1. The zero-order valence-electron chi connectivity index (χ0n) is 13.0. The molecular formula is C18H19ClN2O2. The van der Waals surface area contributed by atoms with Gasteiger partial charge in [-0.25, -0.2) is 0 Å². The van der Waals surface area contributed by atoms with Gasteiger partial charge in [-0.05, 0) is 49.1 Å². The molecule has 0 spiro atoms. The lowest BCUT2D eigenvalue weighted by Crippen LogP contribution is -2.38. The maximum absolute atomic E-state index is 12.9. The second kappa shape index (κ2) is 7.11. The molecule has 120 valence electrons. The number of aryl methyl sites for hydroxylation is 1. The van der Waals surface area contributed by atoms with Crippen LogP contribution in [0.3, 0.4) is 0 Å². The molecule has 0 saturated carbocycles. The topological polar surface area (TPSA) is 42.4 Å². The van der Waals surface area contributed by atoms with E-state index < -0.39 is 0 Å². The van der Waals surface area contributed by atoms with Crippen molar-refractivity contribution < 1.29 is 9.53 Å². The highest BCUT2D eigenvalue weighted by atomic mass is 35.5. The minimum absolute atomic E-state index is 0.0427. The summed E-state index contributed by atoms with van der Waals surface area (Å²) in [5.41, 5.74) is 2.73. The standard InChI is InChI=1S/C18H19ClN2O2/c1-13-6-7-15(19)16(10-13)21(12-14-4-2-8-20-11-14)18(22)17-5-3-9-23-17/h2,4,6-8,10-11,17H,3,5,9,12H2,1H3/t17-/m0/s1. The Morgan fingerprint density at radius 3 is 3.00 bits per heavy atom. The Bertz CT molecular complexity index is 685. The minimum Gasteiger partial charge on any atom is -0.368 e. The predicted octanol–water partition coefficient (Wildman–Crippen LogP) is 3.76. The quantitative estimate of drug-likeness (QED) is 0.857. The smallest absolute Gasteiger partial charge is 0.256 e. The van der Waals surface area contributed by atoms with Crippen molar-refractivity contribution >= 4 is 23.2 Å². The summed E-state index contributed by atoms with van der Waals surface area (Å²) < 4.78 is 5.58. The number of hydrogen-bond donors (Lipinski definition) is 0. The van der Waals surface area contributed by atoms with Gasteiger partial charge in [-0.2, -0.15) is 0 Å². The molecule has 1 aliphatic rings. The van der Waals surface area contributed by atoms with Gasteiger partial charge in [0.25, 0.3) is 5.91 Å². The van der Waals surface area contributed by atoms with Crippen LogP contribution >= 0.6 is 11.6 Å².